The van der Waals surface area contributed by atoms with Crippen LogP contribution in [0.2, 0.25) is 0 Å². The number of benzene rings is 1. The van der Waals surface area contributed by atoms with Gasteiger partial charge in [0.05, 0.1) is 5.92 Å². The molecule has 2 aliphatic rings. The number of hydrogen-bond acceptors (Lipinski definition) is 3. The van der Waals surface area contributed by atoms with Crippen molar-refractivity contribution in [2.24, 2.45) is 11.8 Å². The molecule has 0 aromatic heterocycles. The van der Waals surface area contributed by atoms with E-state index in [9.17, 15) is 9.59 Å². The highest BCUT2D eigenvalue weighted by molar-refractivity contribution is 6.01. The lowest BCUT2D eigenvalue weighted by Crippen LogP contribution is -2.51. The van der Waals surface area contributed by atoms with Gasteiger partial charge in [0, 0.05) is 31.2 Å². The minimum absolute atomic E-state index is 0.0128. The minimum atomic E-state index is -0.262. The third-order valence-corrected chi connectivity index (χ3v) is 5.56. The van der Waals surface area contributed by atoms with Crippen molar-refractivity contribution < 1.29 is 9.59 Å². The van der Waals surface area contributed by atoms with E-state index < -0.39 is 0 Å². The zero-order chi connectivity index (χ0) is 18.1. The van der Waals surface area contributed by atoms with Crippen LogP contribution in [0.15, 0.2) is 12.1 Å². The van der Waals surface area contributed by atoms with Crippen molar-refractivity contribution in [1.29, 1.82) is 0 Å². The Labute approximate surface area is 150 Å². The molecule has 5 heteroatoms. The molecule has 3 rings (SSSR count). The monoisotopic (exact) mass is 343 g/mol. The van der Waals surface area contributed by atoms with E-state index in [1.54, 1.807) is 4.90 Å². The number of piperidine rings is 1. The Bertz CT molecular complexity index is 663. The quantitative estimate of drug-likeness (QED) is 0.883. The van der Waals surface area contributed by atoms with Gasteiger partial charge in [-0.05, 0) is 50.8 Å². The maximum atomic E-state index is 12.7. The minimum Gasteiger partial charge on any atom is -0.352 e. The molecular formula is C20H29N3O2. The van der Waals surface area contributed by atoms with Crippen molar-refractivity contribution >= 4 is 17.5 Å². The summed E-state index contributed by atoms with van der Waals surface area (Å²) in [6.45, 7) is 10.6. The SMILES string of the molecule is Cc1cc(C)c(N2CC(C(=O)NC3CNCCC3C)CC2=O)c(C)c1. The van der Waals surface area contributed by atoms with Crippen LogP contribution in [0.3, 0.4) is 0 Å². The van der Waals surface area contributed by atoms with Crippen LogP contribution in [0.1, 0.15) is 36.5 Å². The predicted octanol–water partition coefficient (Wildman–Crippen LogP) is 2.08. The van der Waals surface area contributed by atoms with Crippen molar-refractivity contribution in [1.82, 2.24) is 10.6 Å². The summed E-state index contributed by atoms with van der Waals surface area (Å²) in [7, 11) is 0. The van der Waals surface area contributed by atoms with Crippen LogP contribution in [0.4, 0.5) is 5.69 Å². The van der Waals surface area contributed by atoms with Gasteiger partial charge in [-0.25, -0.2) is 0 Å². The van der Waals surface area contributed by atoms with Crippen LogP contribution in [-0.2, 0) is 9.59 Å². The van der Waals surface area contributed by atoms with E-state index in [1.807, 2.05) is 13.8 Å². The van der Waals surface area contributed by atoms with E-state index in [4.69, 9.17) is 0 Å². The lowest BCUT2D eigenvalue weighted by atomic mass is 9.94. The molecule has 2 fully saturated rings. The molecule has 2 N–H and O–H groups in total. The summed E-state index contributed by atoms with van der Waals surface area (Å²) in [6.07, 6.45) is 1.37. The summed E-state index contributed by atoms with van der Waals surface area (Å²) in [5, 5.41) is 6.49. The van der Waals surface area contributed by atoms with E-state index in [-0.39, 0.29) is 23.8 Å². The van der Waals surface area contributed by atoms with Crippen LogP contribution in [0, 0.1) is 32.6 Å². The fraction of sp³-hybridized carbons (Fsp3) is 0.600. The second kappa shape index (κ2) is 7.16. The highest BCUT2D eigenvalue weighted by atomic mass is 16.2. The van der Waals surface area contributed by atoms with Gasteiger partial charge in [-0.3, -0.25) is 9.59 Å². The first kappa shape index (κ1) is 17.9. The Morgan fingerprint density at radius 2 is 1.92 bits per heavy atom. The van der Waals surface area contributed by atoms with Crippen LogP contribution < -0.4 is 15.5 Å². The summed E-state index contributed by atoms with van der Waals surface area (Å²) >= 11 is 0. The van der Waals surface area contributed by atoms with E-state index in [1.165, 1.54) is 5.56 Å². The van der Waals surface area contributed by atoms with Crippen molar-refractivity contribution in [3.05, 3.63) is 28.8 Å². The van der Waals surface area contributed by atoms with Crippen molar-refractivity contribution in [3.8, 4) is 0 Å². The average Bonchev–Trinajstić information content (AvgIpc) is 2.90. The molecule has 2 heterocycles. The van der Waals surface area contributed by atoms with Gasteiger partial charge in [0.25, 0.3) is 0 Å². The standard InChI is InChI=1S/C20H29N3O2/c1-12-7-14(3)19(15(4)8-12)23-11-16(9-18(23)24)20(25)22-17-10-21-6-5-13(17)2/h7-8,13,16-17,21H,5-6,9-11H2,1-4H3,(H,22,25). The number of nitrogens with zero attached hydrogens (tertiary/aromatic N) is 1. The molecule has 0 saturated carbocycles. The summed E-state index contributed by atoms with van der Waals surface area (Å²) in [6, 6.07) is 4.35. The lowest BCUT2D eigenvalue weighted by Gasteiger charge is -2.31. The van der Waals surface area contributed by atoms with Gasteiger partial charge in [0.15, 0.2) is 0 Å². The zero-order valence-electron chi connectivity index (χ0n) is 15.7. The number of aryl methyl sites for hydroxylation is 3. The molecule has 1 aromatic rings. The summed E-state index contributed by atoms with van der Waals surface area (Å²) in [4.78, 5) is 27.1. The number of amides is 2. The first-order chi connectivity index (χ1) is 11.9. The molecule has 5 nitrogen and oxygen atoms in total. The molecule has 0 aliphatic carbocycles. The van der Waals surface area contributed by atoms with Crippen molar-refractivity contribution in [2.45, 2.75) is 46.6 Å². The molecule has 2 amide bonds. The van der Waals surface area contributed by atoms with Crippen LogP contribution in [0.25, 0.3) is 0 Å². The van der Waals surface area contributed by atoms with E-state index in [2.05, 4.69) is 36.6 Å². The molecule has 2 saturated heterocycles. The second-order valence-corrected chi connectivity index (χ2v) is 7.74. The summed E-state index contributed by atoms with van der Waals surface area (Å²) in [5.74, 6) is 0.269. The van der Waals surface area contributed by atoms with E-state index in [0.717, 1.165) is 36.3 Å². The van der Waals surface area contributed by atoms with E-state index in [0.29, 0.717) is 18.9 Å². The molecule has 2 aliphatic heterocycles. The van der Waals surface area contributed by atoms with Gasteiger partial charge in [-0.15, -0.1) is 0 Å². The van der Waals surface area contributed by atoms with Crippen molar-refractivity contribution in [3.63, 3.8) is 0 Å². The van der Waals surface area contributed by atoms with Gasteiger partial charge in [0.1, 0.15) is 0 Å². The maximum absolute atomic E-state index is 12.7. The number of anilines is 1. The van der Waals surface area contributed by atoms with Crippen LogP contribution in [0.5, 0.6) is 0 Å². The number of carbonyl (C=O) groups is 2. The molecule has 0 bridgehead atoms. The molecule has 25 heavy (non-hydrogen) atoms. The van der Waals surface area contributed by atoms with Gasteiger partial charge >= 0.3 is 0 Å². The topological polar surface area (TPSA) is 61.4 Å². The van der Waals surface area contributed by atoms with E-state index >= 15 is 0 Å². The normalized spacial score (nSPS) is 26.8. The molecular weight excluding hydrogens is 314 g/mol. The first-order valence-electron chi connectivity index (χ1n) is 9.26. The number of rotatable bonds is 3. The first-order valence-corrected chi connectivity index (χ1v) is 9.26. The maximum Gasteiger partial charge on any atom is 0.227 e. The highest BCUT2D eigenvalue weighted by Gasteiger charge is 2.37. The smallest absolute Gasteiger partial charge is 0.227 e. The fourth-order valence-corrected chi connectivity index (χ4v) is 4.18. The van der Waals surface area contributed by atoms with Crippen molar-refractivity contribution in [2.75, 3.05) is 24.5 Å². The largest absolute Gasteiger partial charge is 0.352 e. The van der Waals surface area contributed by atoms with Gasteiger partial charge < -0.3 is 15.5 Å². The fourth-order valence-electron chi connectivity index (χ4n) is 4.18. The Morgan fingerprint density at radius 3 is 2.56 bits per heavy atom. The second-order valence-electron chi connectivity index (χ2n) is 7.74. The lowest BCUT2D eigenvalue weighted by molar-refractivity contribution is -0.127. The Morgan fingerprint density at radius 1 is 1.24 bits per heavy atom. The van der Waals surface area contributed by atoms with Crippen LogP contribution in [-0.4, -0.2) is 37.5 Å². The Kier molecular flexibility index (Phi) is 5.13. The molecule has 3 unspecified atom stereocenters. The van der Waals surface area contributed by atoms with Gasteiger partial charge in [0.2, 0.25) is 11.8 Å². The average molecular weight is 343 g/mol. The number of carbonyl (C=O) groups excluding carboxylic acids is 2. The predicted molar refractivity (Wildman–Crippen MR) is 99.7 cm³/mol. The highest BCUT2D eigenvalue weighted by Crippen LogP contribution is 2.32. The number of hydrogen-bond donors (Lipinski definition) is 2. The van der Waals surface area contributed by atoms with Crippen LogP contribution >= 0.6 is 0 Å². The zero-order valence-corrected chi connectivity index (χ0v) is 15.7. The molecule has 3 atom stereocenters. The van der Waals surface area contributed by atoms with Gasteiger partial charge in [-0.2, -0.15) is 0 Å². The summed E-state index contributed by atoms with van der Waals surface area (Å²) < 4.78 is 0. The third kappa shape index (κ3) is 3.71. The molecule has 0 spiro atoms. The molecule has 136 valence electrons. The Hall–Kier alpha value is -1.88. The third-order valence-electron chi connectivity index (χ3n) is 5.56. The van der Waals surface area contributed by atoms with Gasteiger partial charge in [-0.1, -0.05) is 24.6 Å². The summed E-state index contributed by atoms with van der Waals surface area (Å²) in [5.41, 5.74) is 4.35. The number of nitrogens with one attached hydrogen (secondary N) is 2. The molecule has 1 aromatic carbocycles. The molecule has 0 radical (unpaired) electrons. The Balaban J connectivity index is 1.71.